The smallest absolute Gasteiger partial charge is 0.152 e. The van der Waals surface area contributed by atoms with Crippen molar-refractivity contribution in [3.8, 4) is 0 Å². The summed E-state index contributed by atoms with van der Waals surface area (Å²) in [4.78, 5) is 7.92. The van der Waals surface area contributed by atoms with Gasteiger partial charge in [0.2, 0.25) is 0 Å². The van der Waals surface area contributed by atoms with E-state index in [9.17, 15) is 0 Å². The van der Waals surface area contributed by atoms with E-state index in [1.807, 2.05) is 0 Å². The fourth-order valence-corrected chi connectivity index (χ4v) is 1.50. The van der Waals surface area contributed by atoms with Gasteiger partial charge in [-0.15, -0.1) is 0 Å². The molecular formula is C9H14N4O. The Morgan fingerprint density at radius 2 is 2.21 bits per heavy atom. The first-order chi connectivity index (χ1) is 6.86. The first kappa shape index (κ1) is 9.21. The summed E-state index contributed by atoms with van der Waals surface area (Å²) in [7, 11) is 0. The Balaban J connectivity index is 1.99. The van der Waals surface area contributed by atoms with Gasteiger partial charge in [-0.1, -0.05) is 0 Å². The molecule has 1 saturated heterocycles. The number of nitrogens with zero attached hydrogens (tertiary/aromatic N) is 2. The van der Waals surface area contributed by atoms with Gasteiger partial charge in [0.25, 0.3) is 0 Å². The molecule has 0 amide bonds. The summed E-state index contributed by atoms with van der Waals surface area (Å²) in [5.74, 6) is 0.729. The van der Waals surface area contributed by atoms with E-state index in [-0.39, 0.29) is 0 Å². The van der Waals surface area contributed by atoms with E-state index in [4.69, 9.17) is 10.5 Å². The quantitative estimate of drug-likeness (QED) is 0.723. The van der Waals surface area contributed by atoms with E-state index in [0.717, 1.165) is 31.9 Å². The van der Waals surface area contributed by atoms with Crippen molar-refractivity contribution in [2.45, 2.75) is 18.9 Å². The molecule has 5 heteroatoms. The van der Waals surface area contributed by atoms with Crippen LogP contribution in [0.15, 0.2) is 12.5 Å². The molecule has 2 heterocycles. The number of rotatable bonds is 2. The van der Waals surface area contributed by atoms with E-state index in [2.05, 4.69) is 15.3 Å². The molecule has 0 radical (unpaired) electrons. The first-order valence-electron chi connectivity index (χ1n) is 4.76. The predicted octanol–water partition coefficient (Wildman–Crippen LogP) is 0.650. The minimum Gasteiger partial charge on any atom is -0.394 e. The molecule has 0 aliphatic carbocycles. The van der Waals surface area contributed by atoms with Gasteiger partial charge >= 0.3 is 0 Å². The van der Waals surface area contributed by atoms with Crippen LogP contribution in [0, 0.1) is 0 Å². The van der Waals surface area contributed by atoms with Crippen LogP contribution in [0.2, 0.25) is 0 Å². The van der Waals surface area contributed by atoms with Crippen molar-refractivity contribution in [2.24, 2.45) is 0 Å². The third-order valence-corrected chi connectivity index (χ3v) is 2.30. The van der Waals surface area contributed by atoms with Crippen LogP contribution in [0.1, 0.15) is 12.8 Å². The SMILES string of the molecule is Nc1cncnc1NC1CCOCC1. The highest BCUT2D eigenvalue weighted by Crippen LogP contribution is 2.17. The van der Waals surface area contributed by atoms with Crippen molar-refractivity contribution in [3.05, 3.63) is 12.5 Å². The van der Waals surface area contributed by atoms with Gasteiger partial charge in [0, 0.05) is 19.3 Å². The zero-order valence-electron chi connectivity index (χ0n) is 7.94. The number of anilines is 2. The highest BCUT2D eigenvalue weighted by molar-refractivity contribution is 5.59. The highest BCUT2D eigenvalue weighted by atomic mass is 16.5. The van der Waals surface area contributed by atoms with Crippen molar-refractivity contribution >= 4 is 11.5 Å². The Labute approximate surface area is 82.7 Å². The Morgan fingerprint density at radius 1 is 1.43 bits per heavy atom. The predicted molar refractivity (Wildman–Crippen MR) is 53.9 cm³/mol. The fourth-order valence-electron chi connectivity index (χ4n) is 1.50. The van der Waals surface area contributed by atoms with Gasteiger partial charge in [0.15, 0.2) is 5.82 Å². The zero-order valence-corrected chi connectivity index (χ0v) is 7.94. The number of hydrogen-bond acceptors (Lipinski definition) is 5. The van der Waals surface area contributed by atoms with Crippen LogP contribution >= 0.6 is 0 Å². The van der Waals surface area contributed by atoms with E-state index in [0.29, 0.717) is 11.7 Å². The largest absolute Gasteiger partial charge is 0.394 e. The molecular weight excluding hydrogens is 180 g/mol. The Bertz CT molecular complexity index is 299. The second kappa shape index (κ2) is 4.23. The van der Waals surface area contributed by atoms with E-state index < -0.39 is 0 Å². The summed E-state index contributed by atoms with van der Waals surface area (Å²) in [6.45, 7) is 1.62. The monoisotopic (exact) mass is 194 g/mol. The van der Waals surface area contributed by atoms with Crippen LogP contribution in [0.3, 0.4) is 0 Å². The van der Waals surface area contributed by atoms with Crippen molar-refractivity contribution < 1.29 is 4.74 Å². The summed E-state index contributed by atoms with van der Waals surface area (Å²) in [5, 5.41) is 3.29. The maximum Gasteiger partial charge on any atom is 0.152 e. The number of nitrogens with one attached hydrogen (secondary N) is 1. The van der Waals surface area contributed by atoms with Crippen LogP contribution in [-0.2, 0) is 4.74 Å². The molecule has 14 heavy (non-hydrogen) atoms. The van der Waals surface area contributed by atoms with Crippen LogP contribution in [0.5, 0.6) is 0 Å². The second-order valence-corrected chi connectivity index (χ2v) is 3.36. The normalized spacial score (nSPS) is 18.0. The third-order valence-electron chi connectivity index (χ3n) is 2.30. The fraction of sp³-hybridized carbons (Fsp3) is 0.556. The molecule has 1 aromatic heterocycles. The first-order valence-corrected chi connectivity index (χ1v) is 4.76. The van der Waals surface area contributed by atoms with Gasteiger partial charge in [-0.2, -0.15) is 0 Å². The Morgan fingerprint density at radius 3 is 2.93 bits per heavy atom. The molecule has 76 valence electrons. The molecule has 1 aliphatic heterocycles. The summed E-state index contributed by atoms with van der Waals surface area (Å²) in [5.41, 5.74) is 6.32. The van der Waals surface area contributed by atoms with Crippen molar-refractivity contribution in [2.75, 3.05) is 24.3 Å². The van der Waals surface area contributed by atoms with Crippen LogP contribution < -0.4 is 11.1 Å². The van der Waals surface area contributed by atoms with Gasteiger partial charge in [-0.3, -0.25) is 0 Å². The molecule has 0 aromatic carbocycles. The molecule has 1 fully saturated rings. The Kier molecular flexibility index (Phi) is 2.78. The molecule has 0 spiro atoms. The van der Waals surface area contributed by atoms with Crippen LogP contribution in [0.25, 0.3) is 0 Å². The van der Waals surface area contributed by atoms with Crippen molar-refractivity contribution in [1.82, 2.24) is 9.97 Å². The average Bonchev–Trinajstić information content (AvgIpc) is 2.23. The van der Waals surface area contributed by atoms with Gasteiger partial charge in [0.05, 0.1) is 11.9 Å². The standard InChI is InChI=1S/C9H14N4O/c10-8-5-11-6-12-9(8)13-7-1-3-14-4-2-7/h5-7H,1-4,10H2,(H,11,12,13). The average molecular weight is 194 g/mol. The molecule has 1 aliphatic rings. The van der Waals surface area contributed by atoms with Gasteiger partial charge < -0.3 is 15.8 Å². The van der Waals surface area contributed by atoms with E-state index in [1.165, 1.54) is 6.33 Å². The molecule has 0 unspecified atom stereocenters. The molecule has 0 saturated carbocycles. The number of nitrogen functional groups attached to an aromatic ring is 1. The minimum absolute atomic E-state index is 0.418. The Hall–Kier alpha value is -1.36. The molecule has 3 N–H and O–H groups in total. The molecule has 1 aromatic rings. The summed E-state index contributed by atoms with van der Waals surface area (Å²) < 4.78 is 5.26. The van der Waals surface area contributed by atoms with E-state index in [1.54, 1.807) is 6.20 Å². The highest BCUT2D eigenvalue weighted by Gasteiger charge is 2.14. The number of hydrogen-bond donors (Lipinski definition) is 2. The summed E-state index contributed by atoms with van der Waals surface area (Å²) in [6.07, 6.45) is 5.11. The molecule has 0 bridgehead atoms. The van der Waals surface area contributed by atoms with Crippen LogP contribution in [0.4, 0.5) is 11.5 Å². The minimum atomic E-state index is 0.418. The van der Waals surface area contributed by atoms with Crippen LogP contribution in [-0.4, -0.2) is 29.2 Å². The zero-order chi connectivity index (χ0) is 9.80. The van der Waals surface area contributed by atoms with E-state index >= 15 is 0 Å². The number of nitrogens with two attached hydrogens (primary N) is 1. The number of ether oxygens (including phenoxy) is 1. The second-order valence-electron chi connectivity index (χ2n) is 3.36. The summed E-state index contributed by atoms with van der Waals surface area (Å²) >= 11 is 0. The van der Waals surface area contributed by atoms with Gasteiger partial charge in [-0.05, 0) is 12.8 Å². The maximum atomic E-state index is 5.72. The van der Waals surface area contributed by atoms with Crippen molar-refractivity contribution in [3.63, 3.8) is 0 Å². The lowest BCUT2D eigenvalue weighted by atomic mass is 10.1. The lowest BCUT2D eigenvalue weighted by Crippen LogP contribution is -2.28. The lowest BCUT2D eigenvalue weighted by molar-refractivity contribution is 0.0904. The van der Waals surface area contributed by atoms with Crippen molar-refractivity contribution in [1.29, 1.82) is 0 Å². The molecule has 5 nitrogen and oxygen atoms in total. The maximum absolute atomic E-state index is 5.72. The third kappa shape index (κ3) is 2.11. The molecule has 0 atom stereocenters. The van der Waals surface area contributed by atoms with Gasteiger partial charge in [-0.25, -0.2) is 9.97 Å². The number of aromatic nitrogens is 2. The molecule has 2 rings (SSSR count). The topological polar surface area (TPSA) is 73.1 Å². The summed E-state index contributed by atoms with van der Waals surface area (Å²) in [6, 6.07) is 0.418. The lowest BCUT2D eigenvalue weighted by Gasteiger charge is -2.23. The van der Waals surface area contributed by atoms with Gasteiger partial charge in [0.1, 0.15) is 6.33 Å².